The van der Waals surface area contributed by atoms with Crippen LogP contribution in [0.3, 0.4) is 0 Å². The van der Waals surface area contributed by atoms with E-state index in [1.807, 2.05) is 11.4 Å². The number of fused-ring (bicyclic) bond motifs is 1. The van der Waals surface area contributed by atoms with Gasteiger partial charge in [-0.3, -0.25) is 15.0 Å². The molecule has 1 aromatic carbocycles. The van der Waals surface area contributed by atoms with Gasteiger partial charge >= 0.3 is 0 Å². The van der Waals surface area contributed by atoms with Crippen LogP contribution in [0, 0.1) is 5.92 Å². The Morgan fingerprint density at radius 3 is 2.97 bits per heavy atom. The second kappa shape index (κ2) is 8.42. The van der Waals surface area contributed by atoms with Crippen molar-refractivity contribution in [2.75, 3.05) is 32.6 Å². The van der Waals surface area contributed by atoms with Crippen molar-refractivity contribution in [1.29, 1.82) is 0 Å². The number of methoxy groups -OCH3 is 2. The van der Waals surface area contributed by atoms with E-state index < -0.39 is 0 Å². The quantitative estimate of drug-likeness (QED) is 0.634. The number of rotatable bonds is 6. The van der Waals surface area contributed by atoms with Gasteiger partial charge in [-0.05, 0) is 37.4 Å². The van der Waals surface area contributed by atoms with Crippen LogP contribution in [0.15, 0.2) is 23.6 Å². The maximum Gasteiger partial charge on any atom is 0.273 e. The molecular weight excluding hydrogens is 388 g/mol. The second-order valence-electron chi connectivity index (χ2n) is 7.56. The van der Waals surface area contributed by atoms with Crippen LogP contribution < -0.4 is 14.8 Å². The van der Waals surface area contributed by atoms with Crippen molar-refractivity contribution in [2.45, 2.75) is 26.3 Å². The Labute approximate surface area is 174 Å². The van der Waals surface area contributed by atoms with Crippen LogP contribution in [0.4, 0.5) is 5.13 Å². The Morgan fingerprint density at radius 1 is 1.34 bits per heavy atom. The molecule has 2 N–H and O–H groups in total. The number of carbonyl (C=O) groups is 1. The number of hydrogen-bond acceptors (Lipinski definition) is 6. The highest BCUT2D eigenvalue weighted by atomic mass is 32.1. The van der Waals surface area contributed by atoms with Crippen LogP contribution in [-0.4, -0.2) is 48.1 Å². The number of aromatic amines is 1. The number of H-pyrrole nitrogens is 1. The van der Waals surface area contributed by atoms with Gasteiger partial charge in [0.05, 0.1) is 25.4 Å². The molecule has 4 rings (SSSR count). The summed E-state index contributed by atoms with van der Waals surface area (Å²) in [6.07, 6.45) is 2.54. The van der Waals surface area contributed by atoms with Crippen molar-refractivity contribution in [3.8, 4) is 11.5 Å². The average molecular weight is 415 g/mol. The van der Waals surface area contributed by atoms with Gasteiger partial charge in [-0.1, -0.05) is 6.92 Å². The lowest BCUT2D eigenvalue weighted by molar-refractivity contribution is 0.102. The second-order valence-corrected chi connectivity index (χ2v) is 8.42. The SMILES string of the molecule is COc1cc(OC)c2[nH]c(C(=O)Nc3nc(CN4CCC[C@@H](C)C4)cs3)cc2c1. The molecule has 3 aromatic rings. The minimum absolute atomic E-state index is 0.227. The van der Waals surface area contributed by atoms with E-state index >= 15 is 0 Å². The summed E-state index contributed by atoms with van der Waals surface area (Å²) in [6.45, 7) is 5.35. The van der Waals surface area contributed by atoms with Crippen LogP contribution in [0.25, 0.3) is 10.9 Å². The lowest BCUT2D eigenvalue weighted by Crippen LogP contribution is -2.33. The highest BCUT2D eigenvalue weighted by Gasteiger charge is 2.18. The lowest BCUT2D eigenvalue weighted by Gasteiger charge is -2.30. The first-order valence-corrected chi connectivity index (χ1v) is 10.7. The van der Waals surface area contributed by atoms with Gasteiger partial charge in [-0.2, -0.15) is 0 Å². The van der Waals surface area contributed by atoms with Crippen molar-refractivity contribution >= 4 is 33.3 Å². The number of hydrogen-bond donors (Lipinski definition) is 2. The zero-order valence-corrected chi connectivity index (χ0v) is 17.8. The molecule has 0 spiro atoms. The van der Waals surface area contributed by atoms with Gasteiger partial charge in [-0.15, -0.1) is 11.3 Å². The lowest BCUT2D eigenvalue weighted by atomic mass is 10.0. The fourth-order valence-electron chi connectivity index (χ4n) is 3.85. The van der Waals surface area contributed by atoms with Crippen LogP contribution in [0.1, 0.15) is 35.9 Å². The number of thiazole rings is 1. The van der Waals surface area contributed by atoms with E-state index in [-0.39, 0.29) is 5.91 Å². The number of nitrogens with zero attached hydrogens (tertiary/aromatic N) is 2. The van der Waals surface area contributed by atoms with Gasteiger partial charge in [0.25, 0.3) is 5.91 Å². The summed E-state index contributed by atoms with van der Waals surface area (Å²) in [6, 6.07) is 5.45. The molecule has 29 heavy (non-hydrogen) atoms. The number of carbonyl (C=O) groups excluding carboxylic acids is 1. The number of aromatic nitrogens is 2. The molecule has 1 saturated heterocycles. The normalized spacial score (nSPS) is 17.4. The van der Waals surface area contributed by atoms with Crippen LogP contribution in [-0.2, 0) is 6.54 Å². The maximum atomic E-state index is 12.7. The zero-order valence-electron chi connectivity index (χ0n) is 16.9. The number of amides is 1. The molecule has 3 heterocycles. The summed E-state index contributed by atoms with van der Waals surface area (Å²) in [5.74, 6) is 1.82. The largest absolute Gasteiger partial charge is 0.497 e. The summed E-state index contributed by atoms with van der Waals surface area (Å²) >= 11 is 1.45. The maximum absolute atomic E-state index is 12.7. The predicted molar refractivity (Wildman–Crippen MR) is 115 cm³/mol. The monoisotopic (exact) mass is 414 g/mol. The minimum atomic E-state index is -0.227. The number of anilines is 1. The van der Waals surface area contributed by atoms with Crippen LogP contribution in [0.5, 0.6) is 11.5 Å². The van der Waals surface area contributed by atoms with E-state index in [1.165, 1.54) is 24.2 Å². The topological polar surface area (TPSA) is 79.5 Å². The first-order valence-electron chi connectivity index (χ1n) is 9.78. The van der Waals surface area contributed by atoms with Crippen molar-refractivity contribution in [3.05, 3.63) is 35.0 Å². The predicted octanol–water partition coefficient (Wildman–Crippen LogP) is 4.13. The molecule has 7 nitrogen and oxygen atoms in total. The molecule has 0 radical (unpaired) electrons. The van der Waals surface area contributed by atoms with E-state index in [9.17, 15) is 4.79 Å². The van der Waals surface area contributed by atoms with Gasteiger partial charge in [-0.25, -0.2) is 4.98 Å². The molecule has 1 atom stereocenters. The Hall–Kier alpha value is -2.58. The summed E-state index contributed by atoms with van der Waals surface area (Å²) in [7, 11) is 3.19. The number of nitrogens with one attached hydrogen (secondary N) is 2. The van der Waals surface area contributed by atoms with Gasteiger partial charge in [0.2, 0.25) is 0 Å². The Bertz CT molecular complexity index is 1010. The van der Waals surface area contributed by atoms with E-state index in [2.05, 4.69) is 27.1 Å². The Balaban J connectivity index is 1.46. The minimum Gasteiger partial charge on any atom is -0.497 e. The fraction of sp³-hybridized carbons (Fsp3) is 0.429. The number of likely N-dealkylation sites (tertiary alicyclic amines) is 1. The molecule has 1 aliphatic heterocycles. The molecule has 154 valence electrons. The summed E-state index contributed by atoms with van der Waals surface area (Å²) in [5.41, 5.74) is 2.22. The number of piperidine rings is 1. The fourth-order valence-corrected chi connectivity index (χ4v) is 4.54. The van der Waals surface area contributed by atoms with Gasteiger partial charge in [0.1, 0.15) is 17.2 Å². The van der Waals surface area contributed by atoms with Crippen LogP contribution in [0.2, 0.25) is 0 Å². The van der Waals surface area contributed by atoms with Crippen molar-refractivity contribution in [3.63, 3.8) is 0 Å². The number of ether oxygens (including phenoxy) is 2. The molecule has 1 fully saturated rings. The molecule has 8 heteroatoms. The van der Waals surface area contributed by atoms with E-state index in [4.69, 9.17) is 9.47 Å². The zero-order chi connectivity index (χ0) is 20.4. The van der Waals surface area contributed by atoms with E-state index in [0.717, 1.165) is 42.1 Å². The first-order chi connectivity index (χ1) is 14.1. The third-order valence-corrected chi connectivity index (χ3v) is 6.07. The Kier molecular flexibility index (Phi) is 5.73. The summed E-state index contributed by atoms with van der Waals surface area (Å²) in [5, 5.41) is 6.38. The van der Waals surface area contributed by atoms with E-state index in [1.54, 1.807) is 26.4 Å². The highest BCUT2D eigenvalue weighted by Crippen LogP contribution is 2.31. The van der Waals surface area contributed by atoms with Gasteiger partial charge in [0.15, 0.2) is 5.13 Å². The van der Waals surface area contributed by atoms with Crippen LogP contribution >= 0.6 is 11.3 Å². The molecule has 2 aromatic heterocycles. The van der Waals surface area contributed by atoms with Crippen molar-refractivity contribution < 1.29 is 14.3 Å². The molecular formula is C21H26N4O3S. The molecule has 1 aliphatic rings. The van der Waals surface area contributed by atoms with Gasteiger partial charge < -0.3 is 14.5 Å². The molecule has 1 amide bonds. The first kappa shape index (κ1) is 19.7. The molecule has 0 aliphatic carbocycles. The van der Waals surface area contributed by atoms with Crippen molar-refractivity contribution in [1.82, 2.24) is 14.9 Å². The number of benzene rings is 1. The molecule has 0 bridgehead atoms. The van der Waals surface area contributed by atoms with Gasteiger partial charge in [0, 0.05) is 29.9 Å². The molecule has 0 unspecified atom stereocenters. The smallest absolute Gasteiger partial charge is 0.273 e. The third-order valence-electron chi connectivity index (χ3n) is 5.26. The van der Waals surface area contributed by atoms with Crippen molar-refractivity contribution in [2.24, 2.45) is 5.92 Å². The standard InChI is InChI=1S/C21H26N4O3S/c1-13-5-4-6-25(10-13)11-15-12-29-21(22-15)24-20(26)17-8-14-7-16(27-2)9-18(28-3)19(14)23-17/h7-9,12-13,23H,4-6,10-11H2,1-3H3,(H,22,24,26)/t13-/m1/s1. The Morgan fingerprint density at radius 2 is 2.21 bits per heavy atom. The highest BCUT2D eigenvalue weighted by molar-refractivity contribution is 7.13. The summed E-state index contributed by atoms with van der Waals surface area (Å²) < 4.78 is 10.7. The molecule has 0 saturated carbocycles. The summed E-state index contributed by atoms with van der Waals surface area (Å²) in [4.78, 5) is 22.9. The third kappa shape index (κ3) is 4.38. The van der Waals surface area contributed by atoms with E-state index in [0.29, 0.717) is 22.3 Å². The average Bonchev–Trinajstić information content (AvgIpc) is 3.33.